The highest BCUT2D eigenvalue weighted by Gasteiger charge is 2.67. The van der Waals surface area contributed by atoms with E-state index in [-0.39, 0.29) is 41.4 Å². The summed E-state index contributed by atoms with van der Waals surface area (Å²) < 4.78 is 0. The minimum absolute atomic E-state index is 0.105. The average molecular weight is 398 g/mol. The van der Waals surface area contributed by atoms with Crippen molar-refractivity contribution in [1.29, 1.82) is 0 Å². The summed E-state index contributed by atoms with van der Waals surface area (Å²) >= 11 is 0. The Morgan fingerprint density at radius 1 is 0.933 bits per heavy atom. The van der Waals surface area contributed by atoms with Crippen molar-refractivity contribution < 1.29 is 14.4 Å². The molecule has 2 aromatic rings. The van der Waals surface area contributed by atoms with Crippen LogP contribution in [0.5, 0.6) is 0 Å². The zero-order chi connectivity index (χ0) is 20.6. The number of carbonyl (C=O) groups is 3. The Bertz CT molecular complexity index is 1100. The summed E-state index contributed by atoms with van der Waals surface area (Å²) in [6.45, 7) is 1.93. The minimum Gasteiger partial charge on any atom is -0.322 e. The first kappa shape index (κ1) is 17.6. The smallest absolute Gasteiger partial charge is 0.255 e. The molecule has 4 aliphatic carbocycles. The number of allylic oxidation sites excluding steroid dienone is 2. The first-order valence-electron chi connectivity index (χ1n) is 10.6. The number of nitrogens with one attached hydrogen (secondary N) is 1. The van der Waals surface area contributed by atoms with Gasteiger partial charge in [-0.25, -0.2) is 4.90 Å². The molecule has 5 aliphatic rings. The van der Waals surface area contributed by atoms with Gasteiger partial charge in [0.1, 0.15) is 0 Å². The lowest BCUT2D eigenvalue weighted by atomic mass is 9.63. The molecule has 150 valence electrons. The molecule has 7 rings (SSSR count). The first-order valence-corrected chi connectivity index (χ1v) is 10.6. The number of para-hydroxylation sites is 1. The second-order valence-electron chi connectivity index (χ2n) is 8.99. The van der Waals surface area contributed by atoms with E-state index in [1.54, 1.807) is 24.3 Å². The Hall–Kier alpha value is -3.21. The molecule has 6 atom stereocenters. The van der Waals surface area contributed by atoms with E-state index in [1.807, 2.05) is 31.2 Å². The molecule has 2 aromatic carbocycles. The summed E-state index contributed by atoms with van der Waals surface area (Å²) in [7, 11) is 0. The molecule has 0 unspecified atom stereocenters. The predicted octanol–water partition coefficient (Wildman–Crippen LogP) is 3.80. The van der Waals surface area contributed by atoms with Crippen molar-refractivity contribution >= 4 is 29.1 Å². The fraction of sp³-hybridized carbons (Fsp3) is 0.320. The van der Waals surface area contributed by atoms with Crippen LogP contribution in [-0.2, 0) is 9.59 Å². The summed E-state index contributed by atoms with van der Waals surface area (Å²) in [4.78, 5) is 40.7. The van der Waals surface area contributed by atoms with Crippen molar-refractivity contribution in [2.75, 3.05) is 10.2 Å². The van der Waals surface area contributed by atoms with Gasteiger partial charge in [-0.2, -0.15) is 0 Å². The molecule has 5 nitrogen and oxygen atoms in total. The zero-order valence-electron chi connectivity index (χ0n) is 16.6. The molecule has 1 heterocycles. The Morgan fingerprint density at radius 3 is 2.27 bits per heavy atom. The molecular formula is C25H22N2O3. The van der Waals surface area contributed by atoms with E-state index in [2.05, 4.69) is 17.5 Å². The van der Waals surface area contributed by atoms with Crippen molar-refractivity contribution in [2.24, 2.45) is 35.5 Å². The number of aryl methyl sites for hydroxylation is 1. The molecule has 2 saturated carbocycles. The van der Waals surface area contributed by atoms with Crippen molar-refractivity contribution in [3.63, 3.8) is 0 Å². The SMILES string of the molecule is Cc1ccccc1NC(=O)c1cccc(N2C(=O)[C@H]3[C@@H]4C=C[C@H]([C@H]5C[C@H]45)[C@@H]3C2=O)c1. The molecule has 1 aliphatic heterocycles. The number of benzene rings is 2. The van der Waals surface area contributed by atoms with Crippen LogP contribution in [0.15, 0.2) is 60.7 Å². The highest BCUT2D eigenvalue weighted by molar-refractivity contribution is 6.23. The summed E-state index contributed by atoms with van der Waals surface area (Å²) in [6, 6.07) is 14.4. The number of imide groups is 1. The number of carbonyl (C=O) groups excluding carboxylic acids is 3. The Balaban J connectivity index is 1.30. The van der Waals surface area contributed by atoms with E-state index in [9.17, 15) is 14.4 Å². The van der Waals surface area contributed by atoms with Gasteiger partial charge in [-0.05, 0) is 66.8 Å². The summed E-state index contributed by atoms with van der Waals surface area (Å²) in [6.07, 6.45) is 5.48. The lowest BCUT2D eigenvalue weighted by Gasteiger charge is -2.37. The lowest BCUT2D eigenvalue weighted by Crippen LogP contribution is -2.40. The van der Waals surface area contributed by atoms with Gasteiger partial charge in [0.15, 0.2) is 0 Å². The van der Waals surface area contributed by atoms with Crippen molar-refractivity contribution in [1.82, 2.24) is 0 Å². The van der Waals surface area contributed by atoms with Crippen molar-refractivity contribution in [3.05, 3.63) is 71.8 Å². The second kappa shape index (κ2) is 6.14. The monoisotopic (exact) mass is 398 g/mol. The zero-order valence-corrected chi connectivity index (χ0v) is 16.6. The third-order valence-corrected chi connectivity index (χ3v) is 7.42. The summed E-state index contributed by atoms with van der Waals surface area (Å²) in [5.41, 5.74) is 2.63. The molecule has 3 fully saturated rings. The number of anilines is 2. The third-order valence-electron chi connectivity index (χ3n) is 7.42. The summed E-state index contributed by atoms with van der Waals surface area (Å²) in [5.74, 6) is 0.593. The van der Waals surface area contributed by atoms with Gasteiger partial charge in [-0.1, -0.05) is 36.4 Å². The topological polar surface area (TPSA) is 66.5 Å². The van der Waals surface area contributed by atoms with Crippen LogP contribution in [0, 0.1) is 42.4 Å². The molecule has 3 amide bonds. The van der Waals surface area contributed by atoms with Gasteiger partial charge < -0.3 is 5.32 Å². The minimum atomic E-state index is -0.259. The van der Waals surface area contributed by atoms with E-state index in [4.69, 9.17) is 0 Å². The predicted molar refractivity (Wildman–Crippen MR) is 113 cm³/mol. The standard InChI is InChI=1S/C25H22N2O3/c1-13-5-2-3-8-20(13)26-23(28)14-6-4-7-15(11-14)27-24(29)21-16-9-10-17(19-12-18(16)19)22(21)25(27)30/h2-11,16-19,21-22H,12H2,1H3,(H,26,28)/t16-,17-,18-,19-,21+,22+/m1/s1. The van der Waals surface area contributed by atoms with Crippen LogP contribution in [0.1, 0.15) is 22.3 Å². The average Bonchev–Trinajstić information content (AvgIpc) is 3.53. The summed E-state index contributed by atoms with van der Waals surface area (Å²) in [5, 5.41) is 2.92. The van der Waals surface area contributed by atoms with E-state index in [0.717, 1.165) is 17.7 Å². The maximum atomic E-state index is 13.3. The molecule has 5 heteroatoms. The first-order chi connectivity index (χ1) is 14.5. The van der Waals surface area contributed by atoms with Gasteiger partial charge in [0, 0.05) is 11.3 Å². The normalized spacial score (nSPS) is 32.8. The fourth-order valence-electron chi connectivity index (χ4n) is 5.91. The second-order valence-corrected chi connectivity index (χ2v) is 8.99. The maximum absolute atomic E-state index is 13.3. The molecular weight excluding hydrogens is 376 g/mol. The third kappa shape index (κ3) is 2.38. The van der Waals surface area contributed by atoms with Gasteiger partial charge in [-0.3, -0.25) is 14.4 Å². The van der Waals surface area contributed by atoms with E-state index in [0.29, 0.717) is 23.1 Å². The number of nitrogens with zero attached hydrogens (tertiary/aromatic N) is 1. The molecule has 0 spiro atoms. The highest BCUT2D eigenvalue weighted by Crippen LogP contribution is 2.65. The van der Waals surface area contributed by atoms with Crippen molar-refractivity contribution in [2.45, 2.75) is 13.3 Å². The molecule has 1 N–H and O–H groups in total. The fourth-order valence-corrected chi connectivity index (χ4v) is 5.91. The molecule has 0 aromatic heterocycles. The lowest BCUT2D eigenvalue weighted by molar-refractivity contribution is -0.124. The van der Waals surface area contributed by atoms with Crippen LogP contribution >= 0.6 is 0 Å². The maximum Gasteiger partial charge on any atom is 0.255 e. The van der Waals surface area contributed by atoms with Gasteiger partial charge in [0.2, 0.25) is 11.8 Å². The van der Waals surface area contributed by atoms with Crippen LogP contribution in [0.3, 0.4) is 0 Å². The Labute approximate surface area is 174 Å². The molecule has 1 saturated heterocycles. The molecule has 2 bridgehead atoms. The van der Waals surface area contributed by atoms with Crippen LogP contribution in [0.2, 0.25) is 0 Å². The van der Waals surface area contributed by atoms with Crippen LogP contribution in [0.25, 0.3) is 0 Å². The number of hydrogen-bond acceptors (Lipinski definition) is 3. The highest BCUT2D eigenvalue weighted by atomic mass is 16.2. The number of rotatable bonds is 3. The van der Waals surface area contributed by atoms with Gasteiger partial charge in [-0.15, -0.1) is 0 Å². The van der Waals surface area contributed by atoms with Gasteiger partial charge >= 0.3 is 0 Å². The van der Waals surface area contributed by atoms with Crippen LogP contribution in [0.4, 0.5) is 11.4 Å². The van der Waals surface area contributed by atoms with E-state index >= 15 is 0 Å². The quantitative estimate of drug-likeness (QED) is 0.632. The molecule has 30 heavy (non-hydrogen) atoms. The Kier molecular flexibility index (Phi) is 3.61. The van der Waals surface area contributed by atoms with E-state index < -0.39 is 0 Å². The van der Waals surface area contributed by atoms with Crippen LogP contribution < -0.4 is 10.2 Å². The number of hydrogen-bond donors (Lipinski definition) is 1. The largest absolute Gasteiger partial charge is 0.322 e. The van der Waals surface area contributed by atoms with Crippen molar-refractivity contribution in [3.8, 4) is 0 Å². The van der Waals surface area contributed by atoms with Crippen LogP contribution in [-0.4, -0.2) is 17.7 Å². The van der Waals surface area contributed by atoms with Gasteiger partial charge in [0.05, 0.1) is 17.5 Å². The number of amides is 3. The Morgan fingerprint density at radius 2 is 1.60 bits per heavy atom. The van der Waals surface area contributed by atoms with Gasteiger partial charge in [0.25, 0.3) is 5.91 Å². The molecule has 0 radical (unpaired) electrons. The van der Waals surface area contributed by atoms with E-state index in [1.165, 1.54) is 4.90 Å².